The van der Waals surface area contributed by atoms with E-state index in [0.717, 1.165) is 39.2 Å². The van der Waals surface area contributed by atoms with Gasteiger partial charge in [-0.25, -0.2) is 0 Å². The maximum absolute atomic E-state index is 12.9. The Morgan fingerprint density at radius 1 is 0.697 bits per heavy atom. The van der Waals surface area contributed by atoms with E-state index in [9.17, 15) is 9.59 Å². The molecule has 0 spiro atoms. The zero-order valence-electron chi connectivity index (χ0n) is 19.5. The lowest BCUT2D eigenvalue weighted by atomic mass is 10.1. The molecule has 6 heteroatoms. The fourth-order valence-corrected chi connectivity index (χ4v) is 4.02. The highest BCUT2D eigenvalue weighted by Gasteiger charge is 2.18. The average Bonchev–Trinajstić information content (AvgIpc) is 2.75. The van der Waals surface area contributed by atoms with Crippen LogP contribution < -0.4 is 10.6 Å². The summed E-state index contributed by atoms with van der Waals surface area (Å²) in [6, 6.07) is 19.2. The van der Waals surface area contributed by atoms with E-state index in [-0.39, 0.29) is 24.9 Å². The molecule has 172 valence electrons. The van der Waals surface area contributed by atoms with Gasteiger partial charge in [0, 0.05) is 22.9 Å². The highest BCUT2D eigenvalue weighted by atomic mass is 35.5. The van der Waals surface area contributed by atoms with Gasteiger partial charge < -0.3 is 10.6 Å². The Kier molecular flexibility index (Phi) is 8.26. The van der Waals surface area contributed by atoms with Crippen LogP contribution in [0, 0.1) is 27.7 Å². The maximum Gasteiger partial charge on any atom is 0.238 e. The van der Waals surface area contributed by atoms with Gasteiger partial charge in [0.15, 0.2) is 0 Å². The van der Waals surface area contributed by atoms with Crippen molar-refractivity contribution in [1.82, 2.24) is 4.90 Å². The molecule has 0 bridgehead atoms. The minimum Gasteiger partial charge on any atom is -0.324 e. The largest absolute Gasteiger partial charge is 0.324 e. The summed E-state index contributed by atoms with van der Waals surface area (Å²) in [5.74, 6) is -0.362. The van der Waals surface area contributed by atoms with Crippen molar-refractivity contribution < 1.29 is 9.59 Å². The van der Waals surface area contributed by atoms with Gasteiger partial charge >= 0.3 is 0 Å². The number of nitrogens with one attached hydrogen (secondary N) is 2. The van der Waals surface area contributed by atoms with Crippen LogP contribution >= 0.6 is 11.6 Å². The topological polar surface area (TPSA) is 61.4 Å². The average molecular weight is 464 g/mol. The molecule has 0 unspecified atom stereocenters. The van der Waals surface area contributed by atoms with Gasteiger partial charge in [-0.2, -0.15) is 0 Å². The Balaban J connectivity index is 1.76. The van der Waals surface area contributed by atoms with E-state index in [2.05, 4.69) is 10.6 Å². The van der Waals surface area contributed by atoms with Crippen molar-refractivity contribution in [2.45, 2.75) is 34.2 Å². The number of para-hydroxylation sites is 2. The van der Waals surface area contributed by atoms with Crippen LogP contribution in [0.5, 0.6) is 0 Å². The van der Waals surface area contributed by atoms with Gasteiger partial charge in [0.2, 0.25) is 11.8 Å². The molecule has 0 saturated heterocycles. The highest BCUT2D eigenvalue weighted by Crippen LogP contribution is 2.22. The van der Waals surface area contributed by atoms with Crippen molar-refractivity contribution >= 4 is 34.8 Å². The van der Waals surface area contributed by atoms with E-state index < -0.39 is 0 Å². The van der Waals surface area contributed by atoms with Crippen LogP contribution in [0.2, 0.25) is 5.02 Å². The molecule has 0 aliphatic heterocycles. The molecule has 5 nitrogen and oxygen atoms in total. The van der Waals surface area contributed by atoms with Gasteiger partial charge in [-0.15, -0.1) is 0 Å². The molecule has 2 amide bonds. The zero-order chi connectivity index (χ0) is 24.0. The third-order valence-corrected chi connectivity index (χ3v) is 5.95. The molecular formula is C27H30ClN3O2. The zero-order valence-corrected chi connectivity index (χ0v) is 20.3. The predicted molar refractivity (Wildman–Crippen MR) is 136 cm³/mol. The lowest BCUT2D eigenvalue weighted by molar-refractivity contribution is -0.120. The van der Waals surface area contributed by atoms with Crippen molar-refractivity contribution in [1.29, 1.82) is 0 Å². The number of nitrogens with zero attached hydrogens (tertiary/aromatic N) is 1. The van der Waals surface area contributed by atoms with Crippen LogP contribution in [0.25, 0.3) is 0 Å². The van der Waals surface area contributed by atoms with Crippen LogP contribution in [0.15, 0.2) is 60.7 Å². The van der Waals surface area contributed by atoms with E-state index in [1.165, 1.54) is 0 Å². The first-order valence-corrected chi connectivity index (χ1v) is 11.3. The number of aryl methyl sites for hydroxylation is 4. The monoisotopic (exact) mass is 463 g/mol. The van der Waals surface area contributed by atoms with Gasteiger partial charge in [0.05, 0.1) is 13.1 Å². The molecule has 0 heterocycles. The van der Waals surface area contributed by atoms with Crippen molar-refractivity contribution in [3.8, 4) is 0 Å². The number of hydrogen-bond acceptors (Lipinski definition) is 3. The summed E-state index contributed by atoms with van der Waals surface area (Å²) in [4.78, 5) is 27.7. The minimum atomic E-state index is -0.181. The Hall–Kier alpha value is -3.15. The van der Waals surface area contributed by atoms with Crippen LogP contribution in [-0.4, -0.2) is 29.8 Å². The normalized spacial score (nSPS) is 10.8. The second-order valence-electron chi connectivity index (χ2n) is 8.37. The van der Waals surface area contributed by atoms with Crippen molar-refractivity contribution in [2.24, 2.45) is 0 Å². The molecule has 0 aromatic heterocycles. The fraction of sp³-hybridized carbons (Fsp3) is 0.259. The molecule has 0 aliphatic rings. The van der Waals surface area contributed by atoms with Crippen LogP contribution in [0.3, 0.4) is 0 Å². The molecule has 2 N–H and O–H groups in total. The molecule has 3 aromatic rings. The predicted octanol–water partition coefficient (Wildman–Crippen LogP) is 5.65. The molecule has 33 heavy (non-hydrogen) atoms. The smallest absolute Gasteiger partial charge is 0.238 e. The number of anilines is 2. The number of carbonyl (C=O) groups is 2. The van der Waals surface area contributed by atoms with E-state index in [4.69, 9.17) is 11.6 Å². The summed E-state index contributed by atoms with van der Waals surface area (Å²) in [6.07, 6.45) is 0. The van der Waals surface area contributed by atoms with Crippen molar-refractivity contribution in [2.75, 3.05) is 23.7 Å². The van der Waals surface area contributed by atoms with Crippen LogP contribution in [0.4, 0.5) is 11.4 Å². The van der Waals surface area contributed by atoms with E-state index in [1.54, 1.807) is 4.90 Å². The molecule has 0 saturated carbocycles. The SMILES string of the molecule is Cc1cccc(C)c1NC(=O)CN(CC(=O)Nc1c(C)cccc1C)Cc1ccccc1Cl. The van der Waals surface area contributed by atoms with Crippen LogP contribution in [-0.2, 0) is 16.1 Å². The number of carbonyl (C=O) groups excluding carboxylic acids is 2. The van der Waals surface area contributed by atoms with E-state index in [0.29, 0.717) is 11.6 Å². The minimum absolute atomic E-state index is 0.0547. The maximum atomic E-state index is 12.9. The number of benzene rings is 3. The first kappa shape index (κ1) is 24.5. The standard InChI is InChI=1S/C27H30ClN3O2/c1-18-9-7-10-19(2)26(18)29-24(32)16-31(15-22-13-5-6-14-23(22)28)17-25(33)30-27-20(3)11-8-12-21(27)4/h5-14H,15-17H2,1-4H3,(H,29,32)(H,30,33). The van der Waals surface area contributed by atoms with Gasteiger partial charge in [0.25, 0.3) is 0 Å². The second-order valence-corrected chi connectivity index (χ2v) is 8.77. The molecular weight excluding hydrogens is 434 g/mol. The number of rotatable bonds is 8. The van der Waals surface area contributed by atoms with Gasteiger partial charge in [-0.3, -0.25) is 14.5 Å². The Morgan fingerprint density at radius 2 is 1.12 bits per heavy atom. The summed E-state index contributed by atoms with van der Waals surface area (Å²) >= 11 is 6.36. The summed E-state index contributed by atoms with van der Waals surface area (Å²) < 4.78 is 0. The molecule has 0 radical (unpaired) electrons. The third kappa shape index (κ3) is 6.67. The Bertz CT molecular complexity index is 1050. The Labute approximate surface area is 200 Å². The highest BCUT2D eigenvalue weighted by molar-refractivity contribution is 6.31. The molecule has 3 aromatic carbocycles. The van der Waals surface area contributed by atoms with E-state index in [1.807, 2.05) is 88.4 Å². The van der Waals surface area contributed by atoms with Gasteiger partial charge in [-0.1, -0.05) is 66.2 Å². The molecule has 0 atom stereocenters. The molecule has 0 aliphatic carbocycles. The first-order valence-electron chi connectivity index (χ1n) is 10.9. The van der Waals surface area contributed by atoms with Crippen molar-refractivity contribution in [3.63, 3.8) is 0 Å². The number of hydrogen-bond donors (Lipinski definition) is 2. The summed E-state index contributed by atoms with van der Waals surface area (Å²) in [7, 11) is 0. The third-order valence-electron chi connectivity index (χ3n) is 5.58. The number of amides is 2. The van der Waals surface area contributed by atoms with Gasteiger partial charge in [0.1, 0.15) is 0 Å². The number of halogens is 1. The fourth-order valence-electron chi connectivity index (χ4n) is 3.82. The van der Waals surface area contributed by atoms with Crippen molar-refractivity contribution in [3.05, 3.63) is 93.5 Å². The molecule has 0 fully saturated rings. The lowest BCUT2D eigenvalue weighted by Crippen LogP contribution is -2.38. The Morgan fingerprint density at radius 3 is 1.55 bits per heavy atom. The second kappa shape index (κ2) is 11.1. The lowest BCUT2D eigenvalue weighted by Gasteiger charge is -2.23. The summed E-state index contributed by atoms with van der Waals surface area (Å²) in [6.45, 7) is 8.33. The summed E-state index contributed by atoms with van der Waals surface area (Å²) in [5, 5.41) is 6.61. The van der Waals surface area contributed by atoms with E-state index >= 15 is 0 Å². The first-order chi connectivity index (χ1) is 15.7. The quantitative estimate of drug-likeness (QED) is 0.453. The van der Waals surface area contributed by atoms with Crippen LogP contribution in [0.1, 0.15) is 27.8 Å². The van der Waals surface area contributed by atoms with Gasteiger partial charge in [-0.05, 0) is 61.6 Å². The molecule has 3 rings (SSSR count). The summed E-state index contributed by atoms with van der Waals surface area (Å²) in [5.41, 5.74) is 6.45.